The highest BCUT2D eigenvalue weighted by atomic mass is 19.1. The molecule has 0 bridgehead atoms. The van der Waals surface area contributed by atoms with Crippen molar-refractivity contribution in [1.29, 1.82) is 0 Å². The van der Waals surface area contributed by atoms with Crippen LogP contribution in [0.3, 0.4) is 0 Å². The highest BCUT2D eigenvalue weighted by molar-refractivity contribution is 5.95. The molecule has 5 heteroatoms. The molecule has 0 heterocycles. The Labute approximate surface area is 115 Å². The van der Waals surface area contributed by atoms with Crippen LogP contribution in [0.15, 0.2) is 36.4 Å². The van der Waals surface area contributed by atoms with Gasteiger partial charge in [0.2, 0.25) is 0 Å². The van der Waals surface area contributed by atoms with Gasteiger partial charge in [-0.3, -0.25) is 0 Å². The smallest absolute Gasteiger partial charge is 0.340 e. The summed E-state index contributed by atoms with van der Waals surface area (Å²) in [4.78, 5) is 11.9. The summed E-state index contributed by atoms with van der Waals surface area (Å²) in [6.45, 7) is 1.60. The van der Waals surface area contributed by atoms with Crippen LogP contribution >= 0.6 is 0 Å². The van der Waals surface area contributed by atoms with Crippen molar-refractivity contribution in [3.05, 3.63) is 64.7 Å². The van der Waals surface area contributed by atoms with E-state index < -0.39 is 17.6 Å². The Balaban J connectivity index is 2.10. The molecule has 104 valence electrons. The van der Waals surface area contributed by atoms with Crippen LogP contribution in [0.2, 0.25) is 0 Å². The summed E-state index contributed by atoms with van der Waals surface area (Å²) in [6.07, 6.45) is 0. The molecule has 20 heavy (non-hydrogen) atoms. The van der Waals surface area contributed by atoms with Crippen molar-refractivity contribution < 1.29 is 18.3 Å². The quantitative estimate of drug-likeness (QED) is 0.692. The number of esters is 1. The molecule has 0 unspecified atom stereocenters. The van der Waals surface area contributed by atoms with E-state index in [1.165, 1.54) is 0 Å². The molecule has 3 nitrogen and oxygen atoms in total. The number of nitrogens with two attached hydrogens (primary N) is 1. The Morgan fingerprint density at radius 3 is 2.45 bits per heavy atom. The van der Waals surface area contributed by atoms with Crippen LogP contribution in [0.25, 0.3) is 0 Å². The first-order valence-corrected chi connectivity index (χ1v) is 5.94. The molecular formula is C15H13F2NO2. The van der Waals surface area contributed by atoms with E-state index in [2.05, 4.69) is 0 Å². The molecule has 2 aromatic carbocycles. The van der Waals surface area contributed by atoms with Crippen LogP contribution in [0, 0.1) is 18.6 Å². The second-order valence-electron chi connectivity index (χ2n) is 4.44. The summed E-state index contributed by atoms with van der Waals surface area (Å²) in [5, 5.41) is 0. The summed E-state index contributed by atoms with van der Waals surface area (Å²) in [7, 11) is 0. The van der Waals surface area contributed by atoms with E-state index in [0.717, 1.165) is 23.8 Å². The minimum Gasteiger partial charge on any atom is -0.457 e. The lowest BCUT2D eigenvalue weighted by atomic mass is 10.1. The molecule has 0 saturated carbocycles. The van der Waals surface area contributed by atoms with Gasteiger partial charge in [-0.2, -0.15) is 0 Å². The molecular weight excluding hydrogens is 264 g/mol. The van der Waals surface area contributed by atoms with Crippen molar-refractivity contribution in [1.82, 2.24) is 0 Å². The molecule has 0 aliphatic heterocycles. The first-order chi connectivity index (χ1) is 9.45. The van der Waals surface area contributed by atoms with Gasteiger partial charge in [0.1, 0.15) is 18.2 Å². The fraction of sp³-hybridized carbons (Fsp3) is 0.133. The van der Waals surface area contributed by atoms with Crippen molar-refractivity contribution in [3.8, 4) is 0 Å². The fourth-order valence-electron chi connectivity index (χ4n) is 1.77. The summed E-state index contributed by atoms with van der Waals surface area (Å²) in [5.41, 5.74) is 7.32. The third kappa shape index (κ3) is 3.32. The van der Waals surface area contributed by atoms with E-state index >= 15 is 0 Å². The van der Waals surface area contributed by atoms with Crippen molar-refractivity contribution in [2.75, 3.05) is 5.73 Å². The van der Waals surface area contributed by atoms with E-state index in [-0.39, 0.29) is 17.7 Å². The van der Waals surface area contributed by atoms with Gasteiger partial charge in [0.05, 0.1) is 5.56 Å². The van der Waals surface area contributed by atoms with Gasteiger partial charge in [-0.1, -0.05) is 11.6 Å². The number of benzene rings is 2. The average molecular weight is 277 g/mol. The van der Waals surface area contributed by atoms with E-state index in [9.17, 15) is 13.6 Å². The first-order valence-electron chi connectivity index (χ1n) is 5.94. The molecule has 0 atom stereocenters. The second kappa shape index (κ2) is 5.69. The number of carbonyl (C=O) groups is 1. The van der Waals surface area contributed by atoms with Crippen LogP contribution in [0.5, 0.6) is 0 Å². The number of carbonyl (C=O) groups excluding carboxylic acids is 1. The molecule has 0 spiro atoms. The normalized spacial score (nSPS) is 10.3. The Morgan fingerprint density at radius 2 is 1.80 bits per heavy atom. The zero-order chi connectivity index (χ0) is 14.7. The molecule has 0 aromatic heterocycles. The molecule has 0 aliphatic rings. The lowest BCUT2D eigenvalue weighted by molar-refractivity contribution is 0.0473. The fourth-order valence-corrected chi connectivity index (χ4v) is 1.77. The second-order valence-corrected chi connectivity index (χ2v) is 4.44. The predicted molar refractivity (Wildman–Crippen MR) is 71.1 cm³/mol. The Bertz CT molecular complexity index is 636. The van der Waals surface area contributed by atoms with Crippen LogP contribution in [-0.2, 0) is 11.3 Å². The molecule has 2 rings (SSSR count). The van der Waals surface area contributed by atoms with Crippen molar-refractivity contribution >= 4 is 11.7 Å². The summed E-state index contributed by atoms with van der Waals surface area (Å²) >= 11 is 0. The lowest BCUT2D eigenvalue weighted by Crippen LogP contribution is -2.09. The van der Waals surface area contributed by atoms with Gasteiger partial charge in [-0.15, -0.1) is 0 Å². The molecule has 0 aliphatic carbocycles. The Morgan fingerprint density at radius 1 is 1.15 bits per heavy atom. The monoisotopic (exact) mass is 277 g/mol. The maximum Gasteiger partial charge on any atom is 0.340 e. The molecule has 2 N–H and O–H groups in total. The number of nitrogen functional groups attached to an aromatic ring is 1. The number of hydrogen-bond acceptors (Lipinski definition) is 3. The van der Waals surface area contributed by atoms with Crippen molar-refractivity contribution in [3.63, 3.8) is 0 Å². The Kier molecular flexibility index (Phi) is 3.98. The highest BCUT2D eigenvalue weighted by Crippen LogP contribution is 2.16. The summed E-state index contributed by atoms with van der Waals surface area (Å²) < 4.78 is 31.0. The van der Waals surface area contributed by atoms with Crippen LogP contribution < -0.4 is 5.73 Å². The van der Waals surface area contributed by atoms with E-state index in [0.29, 0.717) is 5.69 Å². The topological polar surface area (TPSA) is 52.3 Å². The van der Waals surface area contributed by atoms with Gasteiger partial charge in [-0.25, -0.2) is 13.6 Å². The van der Waals surface area contributed by atoms with Crippen LogP contribution in [-0.4, -0.2) is 5.97 Å². The van der Waals surface area contributed by atoms with Crippen LogP contribution in [0.4, 0.5) is 14.5 Å². The first kappa shape index (κ1) is 14.0. The lowest BCUT2D eigenvalue weighted by Gasteiger charge is -2.08. The summed E-state index contributed by atoms with van der Waals surface area (Å²) in [6, 6.07) is 7.95. The van der Waals surface area contributed by atoms with Crippen molar-refractivity contribution in [2.45, 2.75) is 13.5 Å². The number of hydrogen-bond donors (Lipinski definition) is 1. The molecule has 2 aromatic rings. The molecule has 0 saturated heterocycles. The van der Waals surface area contributed by atoms with Gasteiger partial charge < -0.3 is 10.5 Å². The number of ether oxygens (including phenoxy) is 1. The van der Waals surface area contributed by atoms with Gasteiger partial charge in [-0.05, 0) is 36.8 Å². The number of anilines is 1. The standard InChI is InChI=1S/C15H13F2NO2/c1-9-2-3-14(18)13(4-9)15(19)20-8-10-5-11(16)7-12(17)6-10/h2-7H,8,18H2,1H3. The largest absolute Gasteiger partial charge is 0.457 e. The van der Waals surface area contributed by atoms with Gasteiger partial charge in [0.15, 0.2) is 0 Å². The molecule has 0 fully saturated rings. The molecule has 0 radical (unpaired) electrons. The minimum absolute atomic E-state index is 0.221. The minimum atomic E-state index is -0.717. The summed E-state index contributed by atoms with van der Waals surface area (Å²) in [5.74, 6) is -2.06. The third-order valence-electron chi connectivity index (χ3n) is 2.72. The van der Waals surface area contributed by atoms with E-state index in [1.807, 2.05) is 6.92 Å². The van der Waals surface area contributed by atoms with Gasteiger partial charge in [0, 0.05) is 11.8 Å². The number of rotatable bonds is 3. The van der Waals surface area contributed by atoms with Crippen LogP contribution in [0.1, 0.15) is 21.5 Å². The highest BCUT2D eigenvalue weighted by Gasteiger charge is 2.12. The zero-order valence-electron chi connectivity index (χ0n) is 10.8. The maximum absolute atomic E-state index is 13.0. The predicted octanol–water partition coefficient (Wildman–Crippen LogP) is 3.21. The maximum atomic E-state index is 13.0. The Hall–Kier alpha value is -2.43. The van der Waals surface area contributed by atoms with Gasteiger partial charge in [0.25, 0.3) is 0 Å². The van der Waals surface area contributed by atoms with Gasteiger partial charge >= 0.3 is 5.97 Å². The van der Waals surface area contributed by atoms with Crippen molar-refractivity contribution in [2.24, 2.45) is 0 Å². The molecule has 0 amide bonds. The van der Waals surface area contributed by atoms with E-state index in [4.69, 9.17) is 10.5 Å². The SMILES string of the molecule is Cc1ccc(N)c(C(=O)OCc2cc(F)cc(F)c2)c1. The third-order valence-corrected chi connectivity index (χ3v) is 2.72. The average Bonchev–Trinajstić information content (AvgIpc) is 2.38. The van der Waals surface area contributed by atoms with E-state index in [1.54, 1.807) is 18.2 Å². The number of aryl methyl sites for hydroxylation is 1. The zero-order valence-corrected chi connectivity index (χ0v) is 10.8. The number of halogens is 2.